The lowest BCUT2D eigenvalue weighted by molar-refractivity contribution is 0.590. The quantitative estimate of drug-likeness (QED) is 0.172. The molecule has 55 heavy (non-hydrogen) atoms. The van der Waals surface area contributed by atoms with Gasteiger partial charge in [0.2, 0.25) is 0 Å². The van der Waals surface area contributed by atoms with Crippen molar-refractivity contribution < 1.29 is 0 Å². The summed E-state index contributed by atoms with van der Waals surface area (Å²) in [5.41, 5.74) is 14.9. The summed E-state index contributed by atoms with van der Waals surface area (Å²) >= 11 is 0. The van der Waals surface area contributed by atoms with E-state index in [9.17, 15) is 5.26 Å². The van der Waals surface area contributed by atoms with Crippen LogP contribution >= 0.6 is 0 Å². The van der Waals surface area contributed by atoms with Gasteiger partial charge in [0.15, 0.2) is 0 Å². The maximum atomic E-state index is 9.59. The fourth-order valence-electron chi connectivity index (χ4n) is 8.23. The number of hydrogen-bond donors (Lipinski definition) is 0. The van der Waals surface area contributed by atoms with Crippen molar-refractivity contribution in [3.05, 3.63) is 179 Å². The summed E-state index contributed by atoms with van der Waals surface area (Å²) in [6.07, 6.45) is 0. The Morgan fingerprint density at radius 1 is 0.473 bits per heavy atom. The SMILES string of the molecule is CC(C)(C)c1ccc(N(c2ccc(C(C)(C)C)cc2)c2ccc3c(c2)C(C)(C)c2cc(N(c4ccccc4)c4ccc(C#N)cc4)c4ccccc4c2-3)cc1. The van der Waals surface area contributed by atoms with Crippen LogP contribution in [0.4, 0.5) is 34.1 Å². The molecule has 1 aliphatic carbocycles. The summed E-state index contributed by atoms with van der Waals surface area (Å²) < 4.78 is 0. The summed E-state index contributed by atoms with van der Waals surface area (Å²) in [5.74, 6) is 0. The molecule has 272 valence electrons. The third-order valence-electron chi connectivity index (χ3n) is 11.4. The summed E-state index contributed by atoms with van der Waals surface area (Å²) in [6.45, 7) is 18.3. The standard InChI is InChI=1S/C52H49N3/c1-50(2,3)36-20-26-39(27-21-36)54(40-28-22-37(23-29-40)51(4,5)6)42-30-31-45-46(32-42)52(7,8)47-33-48(43-16-12-13-17-44(43)49(45)47)55(38-14-10-9-11-15-38)41-24-18-35(34-53)19-25-41/h9-33H,1-8H3. The largest absolute Gasteiger partial charge is 0.310 e. The number of rotatable bonds is 6. The fraction of sp³-hybridized carbons (Fsp3) is 0.212. The molecule has 0 saturated heterocycles. The summed E-state index contributed by atoms with van der Waals surface area (Å²) in [7, 11) is 0. The number of anilines is 6. The zero-order valence-electron chi connectivity index (χ0n) is 33.3. The molecule has 0 spiro atoms. The van der Waals surface area contributed by atoms with Gasteiger partial charge < -0.3 is 9.80 Å². The summed E-state index contributed by atoms with van der Waals surface area (Å²) in [5, 5.41) is 12.0. The minimum Gasteiger partial charge on any atom is -0.310 e. The van der Waals surface area contributed by atoms with Crippen molar-refractivity contribution in [1.82, 2.24) is 0 Å². The van der Waals surface area contributed by atoms with Crippen molar-refractivity contribution in [3.63, 3.8) is 0 Å². The number of benzene rings is 7. The van der Waals surface area contributed by atoms with E-state index in [2.05, 4.69) is 211 Å². The molecule has 0 heterocycles. The third kappa shape index (κ3) is 6.36. The van der Waals surface area contributed by atoms with Crippen LogP contribution in [0.2, 0.25) is 0 Å². The Morgan fingerprint density at radius 2 is 0.945 bits per heavy atom. The van der Waals surface area contributed by atoms with E-state index in [4.69, 9.17) is 0 Å². The van der Waals surface area contributed by atoms with Crippen LogP contribution in [0.5, 0.6) is 0 Å². The highest BCUT2D eigenvalue weighted by Crippen LogP contribution is 2.55. The van der Waals surface area contributed by atoms with E-state index in [0.29, 0.717) is 5.56 Å². The van der Waals surface area contributed by atoms with Gasteiger partial charge in [0, 0.05) is 39.2 Å². The van der Waals surface area contributed by atoms with E-state index < -0.39 is 0 Å². The number of nitriles is 1. The van der Waals surface area contributed by atoms with Crippen LogP contribution in [0.15, 0.2) is 152 Å². The van der Waals surface area contributed by atoms with Gasteiger partial charge >= 0.3 is 0 Å². The van der Waals surface area contributed by atoms with E-state index >= 15 is 0 Å². The molecule has 0 bridgehead atoms. The van der Waals surface area contributed by atoms with Crippen molar-refractivity contribution in [2.75, 3.05) is 9.80 Å². The van der Waals surface area contributed by atoms with Gasteiger partial charge in [0.25, 0.3) is 0 Å². The Balaban J connectivity index is 1.31. The van der Waals surface area contributed by atoms with Crippen molar-refractivity contribution >= 4 is 44.9 Å². The zero-order valence-corrected chi connectivity index (χ0v) is 33.3. The normalized spacial score (nSPS) is 13.2. The predicted molar refractivity (Wildman–Crippen MR) is 233 cm³/mol. The van der Waals surface area contributed by atoms with Gasteiger partial charge in [-0.2, -0.15) is 5.26 Å². The minimum atomic E-state index is -0.287. The minimum absolute atomic E-state index is 0.0683. The lowest BCUT2D eigenvalue weighted by Crippen LogP contribution is -2.18. The van der Waals surface area contributed by atoms with Crippen LogP contribution in [-0.2, 0) is 16.2 Å². The third-order valence-corrected chi connectivity index (χ3v) is 11.4. The Kier molecular flexibility index (Phi) is 8.70. The second kappa shape index (κ2) is 13.3. The molecular weight excluding hydrogens is 667 g/mol. The van der Waals surface area contributed by atoms with Gasteiger partial charge in [-0.25, -0.2) is 0 Å². The van der Waals surface area contributed by atoms with Gasteiger partial charge in [-0.15, -0.1) is 0 Å². The summed E-state index contributed by atoms with van der Waals surface area (Å²) in [6, 6.07) is 57.2. The molecule has 1 aliphatic rings. The number of para-hydroxylation sites is 1. The number of hydrogen-bond acceptors (Lipinski definition) is 3. The molecule has 0 amide bonds. The maximum absolute atomic E-state index is 9.59. The van der Waals surface area contributed by atoms with Gasteiger partial charge in [-0.1, -0.05) is 128 Å². The molecule has 0 saturated carbocycles. The first-order valence-electron chi connectivity index (χ1n) is 19.3. The Hall–Kier alpha value is -6.11. The average Bonchev–Trinajstić information content (AvgIpc) is 3.41. The van der Waals surface area contributed by atoms with Crippen molar-refractivity contribution in [1.29, 1.82) is 5.26 Å². The lowest BCUT2D eigenvalue weighted by atomic mass is 9.81. The van der Waals surface area contributed by atoms with Crippen molar-refractivity contribution in [3.8, 4) is 17.2 Å². The van der Waals surface area contributed by atoms with Gasteiger partial charge in [0.1, 0.15) is 0 Å². The highest BCUT2D eigenvalue weighted by Gasteiger charge is 2.38. The highest BCUT2D eigenvalue weighted by atomic mass is 15.1. The van der Waals surface area contributed by atoms with Crippen LogP contribution < -0.4 is 9.80 Å². The molecule has 3 heteroatoms. The molecule has 0 atom stereocenters. The van der Waals surface area contributed by atoms with Crippen LogP contribution in [0.3, 0.4) is 0 Å². The molecule has 7 aromatic rings. The molecule has 0 fully saturated rings. The van der Waals surface area contributed by atoms with Crippen LogP contribution in [0.1, 0.15) is 83.2 Å². The molecule has 0 aliphatic heterocycles. The monoisotopic (exact) mass is 715 g/mol. The topological polar surface area (TPSA) is 30.3 Å². The van der Waals surface area contributed by atoms with E-state index in [-0.39, 0.29) is 16.2 Å². The second-order valence-electron chi connectivity index (χ2n) is 17.5. The molecular formula is C52H49N3. The van der Waals surface area contributed by atoms with Crippen molar-refractivity contribution in [2.24, 2.45) is 0 Å². The summed E-state index contributed by atoms with van der Waals surface area (Å²) in [4.78, 5) is 4.74. The number of fused-ring (bicyclic) bond motifs is 5. The van der Waals surface area contributed by atoms with E-state index in [1.807, 2.05) is 12.1 Å². The van der Waals surface area contributed by atoms with E-state index in [1.54, 1.807) is 0 Å². The van der Waals surface area contributed by atoms with Crippen LogP contribution in [-0.4, -0.2) is 0 Å². The first kappa shape index (κ1) is 35.9. The molecule has 3 nitrogen and oxygen atoms in total. The lowest BCUT2D eigenvalue weighted by Gasteiger charge is -2.30. The molecule has 0 unspecified atom stereocenters. The highest BCUT2D eigenvalue weighted by molar-refractivity contribution is 6.10. The Bertz CT molecular complexity index is 2500. The first-order valence-corrected chi connectivity index (χ1v) is 19.3. The predicted octanol–water partition coefficient (Wildman–Crippen LogP) is 14.6. The van der Waals surface area contributed by atoms with Gasteiger partial charge in [-0.05, 0) is 128 Å². The molecule has 8 rings (SSSR count). The van der Waals surface area contributed by atoms with Crippen LogP contribution in [0, 0.1) is 11.3 Å². The Morgan fingerprint density at radius 3 is 1.49 bits per heavy atom. The van der Waals surface area contributed by atoms with E-state index in [1.165, 1.54) is 44.2 Å². The van der Waals surface area contributed by atoms with Gasteiger partial charge in [-0.3, -0.25) is 0 Å². The Labute approximate surface area is 327 Å². The van der Waals surface area contributed by atoms with Gasteiger partial charge in [0.05, 0.1) is 17.3 Å². The smallest absolute Gasteiger partial charge is 0.0991 e. The maximum Gasteiger partial charge on any atom is 0.0991 e. The fourth-order valence-corrected chi connectivity index (χ4v) is 8.23. The van der Waals surface area contributed by atoms with Crippen molar-refractivity contribution in [2.45, 2.75) is 71.6 Å². The number of nitrogens with zero attached hydrogens (tertiary/aromatic N) is 3. The second-order valence-corrected chi connectivity index (χ2v) is 17.5. The van der Waals surface area contributed by atoms with E-state index in [0.717, 1.165) is 34.1 Å². The molecule has 0 radical (unpaired) electrons. The first-order chi connectivity index (χ1) is 26.3. The molecule has 7 aromatic carbocycles. The molecule has 0 aromatic heterocycles. The average molecular weight is 716 g/mol. The zero-order chi connectivity index (χ0) is 38.7. The van der Waals surface area contributed by atoms with Crippen LogP contribution in [0.25, 0.3) is 21.9 Å². The molecule has 0 N–H and O–H groups in total.